The van der Waals surface area contributed by atoms with Gasteiger partial charge in [-0.25, -0.2) is 9.98 Å². The average molecular weight is 390 g/mol. The van der Waals surface area contributed by atoms with Crippen LogP contribution in [0.15, 0.2) is 34.6 Å². The number of guanidine groups is 1. The molecular formula is C20H31N5OS. The molecule has 2 N–H and O–H groups in total. The number of ether oxygens (including phenoxy) is 1. The number of rotatable bonds is 10. The number of benzene rings is 1. The predicted molar refractivity (Wildman–Crippen MR) is 115 cm³/mol. The molecule has 2 rings (SSSR count). The maximum absolute atomic E-state index is 5.70. The lowest BCUT2D eigenvalue weighted by Gasteiger charge is -2.12. The van der Waals surface area contributed by atoms with Crippen molar-refractivity contribution in [1.82, 2.24) is 15.6 Å². The van der Waals surface area contributed by atoms with Crippen LogP contribution in [0.5, 0.6) is 5.75 Å². The predicted octanol–water partition coefficient (Wildman–Crippen LogP) is 3.30. The van der Waals surface area contributed by atoms with Crippen molar-refractivity contribution in [3.8, 4) is 5.75 Å². The van der Waals surface area contributed by atoms with Gasteiger partial charge in [0.05, 0.1) is 18.8 Å². The molecule has 0 saturated heterocycles. The van der Waals surface area contributed by atoms with E-state index in [-0.39, 0.29) is 0 Å². The summed E-state index contributed by atoms with van der Waals surface area (Å²) in [5.74, 6) is 1.76. The Hall–Kier alpha value is -2.28. The topological polar surface area (TPSA) is 61.8 Å². The third-order valence-electron chi connectivity index (χ3n) is 3.74. The maximum Gasteiger partial charge on any atom is 0.191 e. The van der Waals surface area contributed by atoms with Crippen LogP contribution in [0.4, 0.5) is 5.13 Å². The summed E-state index contributed by atoms with van der Waals surface area (Å²) in [6.07, 6.45) is 1.93. The molecule has 0 bridgehead atoms. The van der Waals surface area contributed by atoms with Crippen molar-refractivity contribution in [3.05, 3.63) is 40.9 Å². The third kappa shape index (κ3) is 7.46. The summed E-state index contributed by atoms with van der Waals surface area (Å²) in [5.41, 5.74) is 2.24. The first-order chi connectivity index (χ1) is 13.1. The number of hydrogen-bond acceptors (Lipinski definition) is 5. The summed E-state index contributed by atoms with van der Waals surface area (Å²) in [7, 11) is 4.00. The van der Waals surface area contributed by atoms with Crippen molar-refractivity contribution in [2.45, 2.75) is 33.2 Å². The highest BCUT2D eigenvalue weighted by atomic mass is 32.1. The number of anilines is 1. The second-order valence-electron chi connectivity index (χ2n) is 6.38. The zero-order valence-corrected chi connectivity index (χ0v) is 17.6. The van der Waals surface area contributed by atoms with Gasteiger partial charge in [-0.1, -0.05) is 19.1 Å². The van der Waals surface area contributed by atoms with Crippen molar-refractivity contribution in [2.75, 3.05) is 38.7 Å². The number of hydrogen-bond donors (Lipinski definition) is 2. The van der Waals surface area contributed by atoms with Gasteiger partial charge in [0.1, 0.15) is 5.75 Å². The molecule has 0 atom stereocenters. The van der Waals surface area contributed by atoms with E-state index in [2.05, 4.69) is 52.0 Å². The number of nitrogens with one attached hydrogen (secondary N) is 2. The molecule has 0 fully saturated rings. The van der Waals surface area contributed by atoms with Gasteiger partial charge < -0.3 is 20.3 Å². The Morgan fingerprint density at radius 3 is 2.81 bits per heavy atom. The van der Waals surface area contributed by atoms with Crippen molar-refractivity contribution < 1.29 is 4.74 Å². The molecule has 27 heavy (non-hydrogen) atoms. The van der Waals surface area contributed by atoms with Crippen LogP contribution in [-0.2, 0) is 13.0 Å². The van der Waals surface area contributed by atoms with Gasteiger partial charge in [-0.05, 0) is 37.5 Å². The first-order valence-corrected chi connectivity index (χ1v) is 10.4. The Kier molecular flexibility index (Phi) is 8.91. The minimum Gasteiger partial charge on any atom is -0.494 e. The molecular weight excluding hydrogens is 358 g/mol. The first-order valence-electron chi connectivity index (χ1n) is 9.48. The molecule has 0 aliphatic carbocycles. The molecule has 0 radical (unpaired) electrons. The van der Waals surface area contributed by atoms with Crippen LogP contribution in [0.2, 0.25) is 0 Å². The molecule has 0 aliphatic heterocycles. The van der Waals surface area contributed by atoms with Gasteiger partial charge >= 0.3 is 0 Å². The summed E-state index contributed by atoms with van der Waals surface area (Å²) in [5, 5.41) is 9.75. The summed E-state index contributed by atoms with van der Waals surface area (Å²) < 4.78 is 5.70. The lowest BCUT2D eigenvalue weighted by Crippen LogP contribution is -2.38. The van der Waals surface area contributed by atoms with Crippen molar-refractivity contribution in [3.63, 3.8) is 0 Å². The summed E-state index contributed by atoms with van der Waals surface area (Å²) in [6, 6.07) is 8.29. The molecule has 0 saturated carbocycles. The molecule has 1 heterocycles. The van der Waals surface area contributed by atoms with Gasteiger partial charge in [0, 0.05) is 32.6 Å². The van der Waals surface area contributed by atoms with E-state index in [9.17, 15) is 0 Å². The van der Waals surface area contributed by atoms with Crippen LogP contribution < -0.4 is 20.3 Å². The molecule has 0 amide bonds. The summed E-state index contributed by atoms with van der Waals surface area (Å²) in [4.78, 5) is 11.2. The Morgan fingerprint density at radius 1 is 1.26 bits per heavy atom. The molecule has 7 heteroatoms. The fraction of sp³-hybridized carbons (Fsp3) is 0.500. The second-order valence-corrected chi connectivity index (χ2v) is 7.22. The first kappa shape index (κ1) is 21.0. The standard InChI is InChI=1S/C20H31N5OS/c1-5-12-26-18-9-7-8-16(13-18)10-11-22-19(21-6-2)23-14-17-15-27-20(24-17)25(3)4/h7-9,13,15H,5-6,10-12,14H2,1-4H3,(H2,21,22,23). The van der Waals surface area contributed by atoms with Crippen LogP contribution >= 0.6 is 11.3 Å². The van der Waals surface area contributed by atoms with E-state index in [1.54, 1.807) is 11.3 Å². The quantitative estimate of drug-likeness (QED) is 0.482. The summed E-state index contributed by atoms with van der Waals surface area (Å²) >= 11 is 1.64. The summed E-state index contributed by atoms with van der Waals surface area (Å²) in [6.45, 7) is 7.14. The molecule has 6 nitrogen and oxygen atoms in total. The van der Waals surface area contributed by atoms with E-state index < -0.39 is 0 Å². The highest BCUT2D eigenvalue weighted by Crippen LogP contribution is 2.18. The molecule has 1 aromatic heterocycles. The zero-order valence-electron chi connectivity index (χ0n) is 16.8. The fourth-order valence-electron chi connectivity index (χ4n) is 2.41. The molecule has 0 spiro atoms. The van der Waals surface area contributed by atoms with Crippen LogP contribution in [0.25, 0.3) is 0 Å². The van der Waals surface area contributed by atoms with Gasteiger partial charge in [0.25, 0.3) is 0 Å². The number of thiazole rings is 1. The van der Waals surface area contributed by atoms with E-state index in [0.29, 0.717) is 6.54 Å². The highest BCUT2D eigenvalue weighted by molar-refractivity contribution is 7.13. The Labute approximate surface area is 166 Å². The lowest BCUT2D eigenvalue weighted by molar-refractivity contribution is 0.317. The fourth-order valence-corrected chi connectivity index (χ4v) is 3.16. The van der Waals surface area contributed by atoms with E-state index in [1.165, 1.54) is 5.56 Å². The van der Waals surface area contributed by atoms with E-state index >= 15 is 0 Å². The van der Waals surface area contributed by atoms with E-state index in [0.717, 1.165) is 55.1 Å². The number of nitrogens with zero attached hydrogens (tertiary/aromatic N) is 3. The van der Waals surface area contributed by atoms with E-state index in [4.69, 9.17) is 4.74 Å². The SMILES string of the molecule is CCCOc1cccc(CCNC(=NCc2csc(N(C)C)n2)NCC)c1. The van der Waals surface area contributed by atoms with Gasteiger partial charge in [-0.2, -0.15) is 0 Å². The van der Waals surface area contributed by atoms with Gasteiger partial charge in [0.2, 0.25) is 0 Å². The molecule has 148 valence electrons. The van der Waals surface area contributed by atoms with Crippen molar-refractivity contribution >= 4 is 22.4 Å². The van der Waals surface area contributed by atoms with E-state index in [1.807, 2.05) is 31.1 Å². The van der Waals surface area contributed by atoms with Crippen LogP contribution in [0, 0.1) is 0 Å². The van der Waals surface area contributed by atoms with Gasteiger partial charge in [-0.3, -0.25) is 0 Å². The third-order valence-corrected chi connectivity index (χ3v) is 4.80. The molecule has 2 aromatic rings. The minimum atomic E-state index is 0.569. The van der Waals surface area contributed by atoms with Gasteiger partial charge in [0.15, 0.2) is 11.1 Å². The lowest BCUT2D eigenvalue weighted by atomic mass is 10.1. The van der Waals surface area contributed by atoms with Crippen LogP contribution in [0.3, 0.4) is 0 Å². The Morgan fingerprint density at radius 2 is 2.11 bits per heavy atom. The van der Waals surface area contributed by atoms with Crippen molar-refractivity contribution in [2.24, 2.45) is 4.99 Å². The zero-order chi connectivity index (χ0) is 19.5. The maximum atomic E-state index is 5.70. The second kappa shape index (κ2) is 11.4. The molecule has 1 aromatic carbocycles. The molecule has 0 aliphatic rings. The Bertz CT molecular complexity index is 714. The molecule has 0 unspecified atom stereocenters. The van der Waals surface area contributed by atoms with Crippen molar-refractivity contribution in [1.29, 1.82) is 0 Å². The van der Waals surface area contributed by atoms with Gasteiger partial charge in [-0.15, -0.1) is 11.3 Å². The average Bonchev–Trinajstić information content (AvgIpc) is 3.14. The van der Waals surface area contributed by atoms with Crippen LogP contribution in [0.1, 0.15) is 31.5 Å². The number of aliphatic imine (C=N–C) groups is 1. The normalized spacial score (nSPS) is 11.3. The number of aromatic nitrogens is 1. The highest BCUT2D eigenvalue weighted by Gasteiger charge is 2.04. The largest absolute Gasteiger partial charge is 0.494 e. The monoisotopic (exact) mass is 389 g/mol. The smallest absolute Gasteiger partial charge is 0.191 e. The Balaban J connectivity index is 1.86. The minimum absolute atomic E-state index is 0.569. The van der Waals surface area contributed by atoms with Crippen LogP contribution in [-0.4, -0.2) is 44.7 Å².